The number of halogens is 5. The van der Waals surface area contributed by atoms with Crippen LogP contribution in [0.15, 0.2) is 54.6 Å². The number of hydrogen-bond acceptors (Lipinski definition) is 5. The number of nitrogens with two attached hydrogens (primary N) is 1. The Labute approximate surface area is 166 Å². The molecule has 0 amide bonds. The van der Waals surface area contributed by atoms with Crippen LogP contribution in [0.2, 0.25) is 0 Å². The van der Waals surface area contributed by atoms with Crippen molar-refractivity contribution in [1.82, 2.24) is 19.5 Å². The Hall–Kier alpha value is -3.76. The Balaban J connectivity index is 1.75. The van der Waals surface area contributed by atoms with Crippen molar-refractivity contribution in [1.29, 1.82) is 0 Å². The lowest BCUT2D eigenvalue weighted by Gasteiger charge is -2.12. The number of imidazole rings is 1. The highest BCUT2D eigenvalue weighted by atomic mass is 19.4. The van der Waals surface area contributed by atoms with E-state index in [0.29, 0.717) is 16.7 Å². The lowest BCUT2D eigenvalue weighted by molar-refractivity contribution is -0.137. The molecule has 0 spiro atoms. The molecule has 0 fully saturated rings. The van der Waals surface area contributed by atoms with Crippen molar-refractivity contribution in [2.45, 2.75) is 12.6 Å². The standard InChI is InChI=1S/C19H13F5N6/c20-16(21)17-27-12-3-1-2-4-13(12)30(17)18-28-14(25)9-15(29-18)26-11-7-5-10(6-8-11)19(22,23)24/h1-9,16H,(H3,25,26,28,29). The van der Waals surface area contributed by atoms with Crippen LogP contribution in [0.25, 0.3) is 17.0 Å². The summed E-state index contributed by atoms with van der Waals surface area (Å²) in [5, 5.41) is 2.80. The maximum absolute atomic E-state index is 13.6. The van der Waals surface area contributed by atoms with Crippen LogP contribution in [0.1, 0.15) is 17.8 Å². The van der Waals surface area contributed by atoms with E-state index in [0.717, 1.165) is 16.7 Å². The fourth-order valence-electron chi connectivity index (χ4n) is 2.91. The highest BCUT2D eigenvalue weighted by Crippen LogP contribution is 2.31. The van der Waals surface area contributed by atoms with Crippen LogP contribution in [-0.4, -0.2) is 19.5 Å². The third-order valence-corrected chi connectivity index (χ3v) is 4.20. The molecular weight excluding hydrogens is 407 g/mol. The van der Waals surface area contributed by atoms with Crippen LogP contribution in [-0.2, 0) is 6.18 Å². The van der Waals surface area contributed by atoms with Gasteiger partial charge >= 0.3 is 6.18 Å². The van der Waals surface area contributed by atoms with Crippen molar-refractivity contribution in [3.8, 4) is 5.95 Å². The molecule has 3 N–H and O–H groups in total. The average molecular weight is 420 g/mol. The molecule has 0 saturated heterocycles. The minimum Gasteiger partial charge on any atom is -0.383 e. The third kappa shape index (κ3) is 3.73. The Bertz CT molecular complexity index is 1200. The van der Waals surface area contributed by atoms with E-state index < -0.39 is 24.0 Å². The molecule has 154 valence electrons. The van der Waals surface area contributed by atoms with E-state index in [4.69, 9.17) is 5.73 Å². The van der Waals surface area contributed by atoms with Gasteiger partial charge in [-0.3, -0.25) is 4.57 Å². The van der Waals surface area contributed by atoms with E-state index in [1.807, 2.05) is 0 Å². The van der Waals surface area contributed by atoms with Gasteiger partial charge in [0.1, 0.15) is 11.6 Å². The summed E-state index contributed by atoms with van der Waals surface area (Å²) in [6.07, 6.45) is -7.35. The lowest BCUT2D eigenvalue weighted by Crippen LogP contribution is -2.10. The minimum absolute atomic E-state index is 0.0209. The minimum atomic E-state index is -4.46. The molecule has 4 aromatic rings. The number of anilines is 3. The highest BCUT2D eigenvalue weighted by molar-refractivity contribution is 5.78. The van der Waals surface area contributed by atoms with Gasteiger partial charge in [0.2, 0.25) is 5.95 Å². The number of alkyl halides is 5. The van der Waals surface area contributed by atoms with E-state index in [9.17, 15) is 22.0 Å². The zero-order valence-electron chi connectivity index (χ0n) is 15.0. The maximum atomic E-state index is 13.6. The third-order valence-electron chi connectivity index (χ3n) is 4.20. The van der Waals surface area contributed by atoms with Crippen LogP contribution in [0, 0.1) is 0 Å². The lowest BCUT2D eigenvalue weighted by atomic mass is 10.2. The first-order valence-corrected chi connectivity index (χ1v) is 8.57. The summed E-state index contributed by atoms with van der Waals surface area (Å²) in [6.45, 7) is 0. The van der Waals surface area contributed by atoms with E-state index in [2.05, 4.69) is 20.3 Å². The summed E-state index contributed by atoms with van der Waals surface area (Å²) in [7, 11) is 0. The van der Waals surface area contributed by atoms with E-state index in [1.54, 1.807) is 24.3 Å². The Morgan fingerprint density at radius 1 is 0.933 bits per heavy atom. The molecule has 0 saturated carbocycles. The molecule has 11 heteroatoms. The maximum Gasteiger partial charge on any atom is 0.416 e. The average Bonchev–Trinajstić information content (AvgIpc) is 3.07. The van der Waals surface area contributed by atoms with Gasteiger partial charge in [0, 0.05) is 11.8 Å². The van der Waals surface area contributed by atoms with Gasteiger partial charge in [-0.2, -0.15) is 23.1 Å². The summed E-state index contributed by atoms with van der Waals surface area (Å²) in [5.74, 6) is -0.599. The van der Waals surface area contributed by atoms with Crippen molar-refractivity contribution in [2.24, 2.45) is 0 Å². The van der Waals surface area contributed by atoms with E-state index in [-0.39, 0.29) is 17.6 Å². The van der Waals surface area contributed by atoms with E-state index in [1.165, 1.54) is 18.2 Å². The summed E-state index contributed by atoms with van der Waals surface area (Å²) in [6, 6.07) is 12.1. The number of nitrogens with zero attached hydrogens (tertiary/aromatic N) is 4. The van der Waals surface area contributed by atoms with Crippen LogP contribution < -0.4 is 11.1 Å². The second kappa shape index (κ2) is 7.25. The zero-order chi connectivity index (χ0) is 21.5. The van der Waals surface area contributed by atoms with Crippen molar-refractivity contribution in [2.75, 3.05) is 11.1 Å². The second-order valence-corrected chi connectivity index (χ2v) is 6.27. The van der Waals surface area contributed by atoms with Gasteiger partial charge in [0.05, 0.1) is 16.6 Å². The predicted molar refractivity (Wildman–Crippen MR) is 101 cm³/mol. The van der Waals surface area contributed by atoms with Gasteiger partial charge in [-0.05, 0) is 36.4 Å². The number of fused-ring (bicyclic) bond motifs is 1. The molecule has 2 aromatic heterocycles. The molecule has 2 heterocycles. The number of benzene rings is 2. The van der Waals surface area contributed by atoms with Crippen molar-refractivity contribution >= 4 is 28.4 Å². The molecule has 0 atom stereocenters. The van der Waals surface area contributed by atoms with Gasteiger partial charge in [0.25, 0.3) is 6.43 Å². The Kier molecular flexibility index (Phi) is 4.72. The van der Waals surface area contributed by atoms with Crippen LogP contribution in [0.4, 0.5) is 39.3 Å². The number of rotatable bonds is 4. The van der Waals surface area contributed by atoms with Crippen molar-refractivity contribution in [3.05, 3.63) is 66.0 Å². The first-order valence-electron chi connectivity index (χ1n) is 8.57. The van der Waals surface area contributed by atoms with Gasteiger partial charge < -0.3 is 11.1 Å². The fraction of sp³-hybridized carbons (Fsp3) is 0.105. The van der Waals surface area contributed by atoms with Gasteiger partial charge in [-0.15, -0.1) is 0 Å². The quantitative estimate of drug-likeness (QED) is 0.449. The molecular formula is C19H13F5N6. The summed E-state index contributed by atoms with van der Waals surface area (Å²) in [5.41, 5.74) is 6.00. The molecule has 0 aliphatic rings. The zero-order valence-corrected chi connectivity index (χ0v) is 15.0. The fourth-order valence-corrected chi connectivity index (χ4v) is 2.91. The number of nitrogens with one attached hydrogen (secondary N) is 1. The second-order valence-electron chi connectivity index (χ2n) is 6.27. The summed E-state index contributed by atoms with van der Waals surface area (Å²) >= 11 is 0. The van der Waals surface area contributed by atoms with Gasteiger partial charge in [-0.25, -0.2) is 13.8 Å². The van der Waals surface area contributed by atoms with Crippen LogP contribution in [0.3, 0.4) is 0 Å². The molecule has 0 bridgehead atoms. The first-order chi connectivity index (χ1) is 14.2. The number of hydrogen-bond donors (Lipinski definition) is 2. The highest BCUT2D eigenvalue weighted by Gasteiger charge is 2.30. The number of para-hydroxylation sites is 2. The summed E-state index contributed by atoms with van der Waals surface area (Å²) in [4.78, 5) is 12.2. The monoisotopic (exact) mass is 420 g/mol. The molecule has 2 aromatic carbocycles. The van der Waals surface area contributed by atoms with Gasteiger partial charge in [-0.1, -0.05) is 12.1 Å². The first kappa shape index (κ1) is 19.6. The molecule has 0 unspecified atom stereocenters. The summed E-state index contributed by atoms with van der Waals surface area (Å²) < 4.78 is 66.3. The topological polar surface area (TPSA) is 81.6 Å². The molecule has 0 radical (unpaired) electrons. The van der Waals surface area contributed by atoms with Crippen molar-refractivity contribution < 1.29 is 22.0 Å². The largest absolute Gasteiger partial charge is 0.416 e. The Morgan fingerprint density at radius 3 is 2.30 bits per heavy atom. The van der Waals surface area contributed by atoms with Crippen LogP contribution in [0.5, 0.6) is 0 Å². The molecule has 0 aliphatic heterocycles. The number of aromatic nitrogens is 4. The molecule has 4 rings (SSSR count). The SMILES string of the molecule is Nc1cc(Nc2ccc(C(F)(F)F)cc2)nc(-n2c(C(F)F)nc3ccccc32)n1. The predicted octanol–water partition coefficient (Wildman–Crippen LogP) is 5.10. The van der Waals surface area contributed by atoms with Crippen molar-refractivity contribution in [3.63, 3.8) is 0 Å². The molecule has 30 heavy (non-hydrogen) atoms. The van der Waals surface area contributed by atoms with Gasteiger partial charge in [0.15, 0.2) is 5.82 Å². The molecule has 6 nitrogen and oxygen atoms in total. The van der Waals surface area contributed by atoms with E-state index >= 15 is 0 Å². The normalized spacial score (nSPS) is 11.9. The Morgan fingerprint density at radius 2 is 1.63 bits per heavy atom. The smallest absolute Gasteiger partial charge is 0.383 e. The number of nitrogen functional groups attached to an aromatic ring is 1. The molecule has 0 aliphatic carbocycles. The van der Waals surface area contributed by atoms with Crippen LogP contribution >= 0.6 is 0 Å².